The average molecular weight is 508 g/mol. The number of aromatic carboxylic acids is 1. The number of hydrogen-bond donors (Lipinski definition) is 1. The molecule has 6 rings (SSSR count). The van der Waals surface area contributed by atoms with E-state index in [0.29, 0.717) is 17.9 Å². The number of fused-ring (bicyclic) bond motifs is 5. The predicted molar refractivity (Wildman–Crippen MR) is 145 cm³/mol. The molecule has 2 aromatic carbocycles. The highest BCUT2D eigenvalue weighted by molar-refractivity contribution is 5.99. The minimum absolute atomic E-state index is 0. The van der Waals surface area contributed by atoms with Crippen molar-refractivity contribution >= 4 is 40.9 Å². The number of rotatable bonds is 5. The second-order valence-corrected chi connectivity index (χ2v) is 10.3. The largest absolute Gasteiger partial charge is 0.478 e. The minimum atomic E-state index is -0.882. The van der Waals surface area contributed by atoms with Gasteiger partial charge in [-0.3, -0.25) is 4.79 Å². The fraction of sp³-hybridized carbons (Fsp3) is 0.448. The number of benzene rings is 2. The van der Waals surface area contributed by atoms with Crippen LogP contribution in [0.4, 0.5) is 5.69 Å². The van der Waals surface area contributed by atoms with Crippen molar-refractivity contribution in [3.8, 4) is 11.3 Å². The third-order valence-corrected chi connectivity index (χ3v) is 8.27. The quantitative estimate of drug-likeness (QED) is 0.465. The molecule has 7 heteroatoms. The van der Waals surface area contributed by atoms with Crippen LogP contribution < -0.4 is 4.90 Å². The van der Waals surface area contributed by atoms with E-state index in [4.69, 9.17) is 0 Å². The lowest BCUT2D eigenvalue weighted by molar-refractivity contribution is -0.127. The van der Waals surface area contributed by atoms with Crippen molar-refractivity contribution < 1.29 is 14.7 Å². The monoisotopic (exact) mass is 507 g/mol. The number of carboxylic acids is 1. The van der Waals surface area contributed by atoms with Crippen LogP contribution in [0.25, 0.3) is 22.2 Å². The summed E-state index contributed by atoms with van der Waals surface area (Å²) in [7, 11) is 0. The zero-order valence-corrected chi connectivity index (χ0v) is 21.4. The van der Waals surface area contributed by atoms with Crippen molar-refractivity contribution in [3.63, 3.8) is 0 Å². The third kappa shape index (κ3) is 4.26. The summed E-state index contributed by atoms with van der Waals surface area (Å²) in [4.78, 5) is 28.5. The van der Waals surface area contributed by atoms with Gasteiger partial charge in [0.25, 0.3) is 0 Å². The number of halogens is 1. The second kappa shape index (κ2) is 10.2. The normalized spacial score (nSPS) is 18.1. The number of carboxylic acid groups (broad SMARTS) is 1. The number of carbonyl (C=O) groups is 2. The standard InChI is InChI=1S/C29H33N3O3.ClH/c33-26-11-6-14-31(26)16-15-30-17-18-32-25-19-21(29(34)35)12-13-22(25)27(20-7-2-1-3-8-20)28(32)23-9-4-5-10-24(23)30;/h4-5,9-10,12-13,19-20H,1-3,6-8,11,14-18H2,(H,34,35);1H. The van der Waals surface area contributed by atoms with Crippen LogP contribution in [0.2, 0.25) is 0 Å². The van der Waals surface area contributed by atoms with E-state index in [1.165, 1.54) is 60.0 Å². The van der Waals surface area contributed by atoms with E-state index >= 15 is 0 Å². The summed E-state index contributed by atoms with van der Waals surface area (Å²) in [5, 5.41) is 10.9. The van der Waals surface area contributed by atoms with Crippen LogP contribution in [-0.4, -0.2) is 52.6 Å². The highest BCUT2D eigenvalue weighted by Crippen LogP contribution is 2.47. The molecule has 3 aromatic rings. The number of amides is 1. The number of anilines is 1. The van der Waals surface area contributed by atoms with Crippen LogP contribution in [0.5, 0.6) is 0 Å². The van der Waals surface area contributed by atoms with E-state index in [2.05, 4.69) is 33.7 Å². The molecule has 3 heterocycles. The molecule has 1 aromatic heterocycles. The van der Waals surface area contributed by atoms with Gasteiger partial charge < -0.3 is 19.5 Å². The highest BCUT2D eigenvalue weighted by atomic mass is 35.5. The molecule has 6 nitrogen and oxygen atoms in total. The van der Waals surface area contributed by atoms with Gasteiger partial charge >= 0.3 is 5.97 Å². The molecule has 1 amide bonds. The zero-order chi connectivity index (χ0) is 23.9. The average Bonchev–Trinajstić information content (AvgIpc) is 3.39. The fourth-order valence-corrected chi connectivity index (χ4v) is 6.54. The first-order valence-corrected chi connectivity index (χ1v) is 13.1. The molecule has 3 aliphatic rings. The van der Waals surface area contributed by atoms with E-state index < -0.39 is 5.97 Å². The lowest BCUT2D eigenvalue weighted by Gasteiger charge is -2.28. The molecule has 36 heavy (non-hydrogen) atoms. The summed E-state index contributed by atoms with van der Waals surface area (Å²) >= 11 is 0. The SMILES string of the molecule is Cl.O=C(O)c1ccc2c(C3CCCCC3)c3n(c2c1)CCN(CCN1CCCC1=O)c1ccccc1-3. The first-order chi connectivity index (χ1) is 17.1. The Balaban J connectivity index is 0.00000267. The molecule has 190 valence electrons. The molecular formula is C29H34ClN3O3. The topological polar surface area (TPSA) is 65.8 Å². The first kappa shape index (κ1) is 24.7. The minimum Gasteiger partial charge on any atom is -0.478 e. The van der Waals surface area contributed by atoms with Crippen LogP contribution in [0.15, 0.2) is 42.5 Å². The molecule has 0 bridgehead atoms. The van der Waals surface area contributed by atoms with Crippen LogP contribution in [0.1, 0.15) is 66.8 Å². The lowest BCUT2D eigenvalue weighted by Crippen LogP contribution is -2.37. The molecule has 0 radical (unpaired) electrons. The molecule has 1 saturated carbocycles. The molecular weight excluding hydrogens is 474 g/mol. The van der Waals surface area contributed by atoms with Crippen LogP contribution in [0.3, 0.4) is 0 Å². The van der Waals surface area contributed by atoms with Gasteiger partial charge in [-0.15, -0.1) is 12.4 Å². The first-order valence-electron chi connectivity index (χ1n) is 13.1. The Kier molecular flexibility index (Phi) is 6.98. The van der Waals surface area contributed by atoms with E-state index in [1.807, 2.05) is 17.0 Å². The third-order valence-electron chi connectivity index (χ3n) is 8.27. The lowest BCUT2D eigenvalue weighted by atomic mass is 9.81. The summed E-state index contributed by atoms with van der Waals surface area (Å²) in [6, 6.07) is 14.3. The highest BCUT2D eigenvalue weighted by Gasteiger charge is 2.31. The van der Waals surface area contributed by atoms with Crippen molar-refractivity contribution in [2.75, 3.05) is 31.1 Å². The van der Waals surface area contributed by atoms with E-state index in [9.17, 15) is 14.7 Å². The second-order valence-electron chi connectivity index (χ2n) is 10.3. The molecule has 1 aliphatic carbocycles. The van der Waals surface area contributed by atoms with Crippen molar-refractivity contribution in [3.05, 3.63) is 53.6 Å². The number of likely N-dealkylation sites (tertiary alicyclic amines) is 1. The Morgan fingerprint density at radius 2 is 1.69 bits per heavy atom. The Labute approximate surface area is 218 Å². The van der Waals surface area contributed by atoms with Gasteiger partial charge in [-0.1, -0.05) is 43.5 Å². The molecule has 0 atom stereocenters. The van der Waals surface area contributed by atoms with Crippen molar-refractivity contribution in [2.24, 2.45) is 0 Å². The number of aromatic nitrogens is 1. The number of hydrogen-bond acceptors (Lipinski definition) is 3. The smallest absolute Gasteiger partial charge is 0.335 e. The maximum Gasteiger partial charge on any atom is 0.335 e. The van der Waals surface area contributed by atoms with Gasteiger partial charge in [0.15, 0.2) is 0 Å². The summed E-state index contributed by atoms with van der Waals surface area (Å²) in [5.41, 5.74) is 6.50. The zero-order valence-electron chi connectivity index (χ0n) is 20.6. The Morgan fingerprint density at radius 1 is 0.917 bits per heavy atom. The van der Waals surface area contributed by atoms with Crippen molar-refractivity contribution in [1.29, 1.82) is 0 Å². The van der Waals surface area contributed by atoms with Gasteiger partial charge in [-0.25, -0.2) is 4.79 Å². The number of para-hydroxylation sites is 1. The summed E-state index contributed by atoms with van der Waals surface area (Å²) in [6.07, 6.45) is 7.82. The van der Waals surface area contributed by atoms with Crippen LogP contribution >= 0.6 is 12.4 Å². The van der Waals surface area contributed by atoms with Gasteiger partial charge in [0, 0.05) is 61.3 Å². The van der Waals surface area contributed by atoms with Gasteiger partial charge in [-0.2, -0.15) is 0 Å². The van der Waals surface area contributed by atoms with Crippen molar-refractivity contribution in [1.82, 2.24) is 9.47 Å². The number of carbonyl (C=O) groups excluding carboxylic acids is 1. The number of nitrogens with zero attached hydrogens (tertiary/aromatic N) is 3. The van der Waals surface area contributed by atoms with E-state index in [-0.39, 0.29) is 18.3 Å². The van der Waals surface area contributed by atoms with Crippen LogP contribution in [0, 0.1) is 0 Å². The summed E-state index contributed by atoms with van der Waals surface area (Å²) in [6.45, 7) is 4.05. The molecule has 2 fully saturated rings. The molecule has 0 unspecified atom stereocenters. The molecule has 1 N–H and O–H groups in total. The van der Waals surface area contributed by atoms with Gasteiger partial charge in [0.2, 0.25) is 5.91 Å². The molecule has 1 saturated heterocycles. The van der Waals surface area contributed by atoms with Gasteiger partial charge in [0.1, 0.15) is 0 Å². The van der Waals surface area contributed by atoms with Gasteiger partial charge in [-0.05, 0) is 48.9 Å². The molecule has 0 spiro atoms. The Bertz CT molecular complexity index is 1290. The van der Waals surface area contributed by atoms with E-state index in [0.717, 1.165) is 44.7 Å². The van der Waals surface area contributed by atoms with Gasteiger partial charge in [0.05, 0.1) is 11.3 Å². The fourth-order valence-electron chi connectivity index (χ4n) is 6.54. The maximum absolute atomic E-state index is 12.2. The van der Waals surface area contributed by atoms with Crippen molar-refractivity contribution in [2.45, 2.75) is 57.4 Å². The Morgan fingerprint density at radius 3 is 2.44 bits per heavy atom. The van der Waals surface area contributed by atoms with Crippen LogP contribution in [-0.2, 0) is 11.3 Å². The predicted octanol–water partition coefficient (Wildman–Crippen LogP) is 5.92. The Hall–Kier alpha value is -2.99. The molecule has 2 aliphatic heterocycles. The van der Waals surface area contributed by atoms with E-state index in [1.54, 1.807) is 6.07 Å². The summed E-state index contributed by atoms with van der Waals surface area (Å²) < 4.78 is 2.38. The summed E-state index contributed by atoms with van der Waals surface area (Å²) in [5.74, 6) is -0.112. The maximum atomic E-state index is 12.2.